The first kappa shape index (κ1) is 18.1. The van der Waals surface area contributed by atoms with Crippen molar-refractivity contribution >= 4 is 11.8 Å². The Morgan fingerprint density at radius 2 is 1.95 bits per heavy atom. The van der Waals surface area contributed by atoms with Crippen molar-refractivity contribution in [3.63, 3.8) is 0 Å². The molecular formula is C18H34OS. The number of hydrogen-bond donors (Lipinski definition) is 0. The summed E-state index contributed by atoms with van der Waals surface area (Å²) < 4.78 is 6.62. The van der Waals surface area contributed by atoms with Crippen LogP contribution in [-0.4, -0.2) is 17.3 Å². The van der Waals surface area contributed by atoms with Crippen LogP contribution in [0.15, 0.2) is 12.2 Å². The Hall–Kier alpha value is 0.0500. The molecule has 0 N–H and O–H groups in total. The Labute approximate surface area is 130 Å². The van der Waals surface area contributed by atoms with Gasteiger partial charge in [-0.15, -0.1) is 11.8 Å². The summed E-state index contributed by atoms with van der Waals surface area (Å²) in [7, 11) is 0. The lowest BCUT2D eigenvalue weighted by molar-refractivity contribution is -0.0672. The second-order valence-corrected chi connectivity index (χ2v) is 8.48. The summed E-state index contributed by atoms with van der Waals surface area (Å²) in [5, 5.41) is 0. The van der Waals surface area contributed by atoms with Gasteiger partial charge in [0.15, 0.2) is 0 Å². The molecule has 1 nitrogen and oxygen atoms in total. The Bertz CT molecular complexity index is 309. The average molecular weight is 299 g/mol. The van der Waals surface area contributed by atoms with Crippen molar-refractivity contribution < 1.29 is 4.74 Å². The van der Waals surface area contributed by atoms with Gasteiger partial charge in [0.2, 0.25) is 0 Å². The maximum absolute atomic E-state index is 6.62. The molecule has 0 fully saturated rings. The molecule has 0 saturated heterocycles. The Balaban J connectivity index is 3.02. The lowest BCUT2D eigenvalue weighted by atomic mass is 9.73. The summed E-state index contributed by atoms with van der Waals surface area (Å²) in [5.41, 5.74) is 0.538. The lowest BCUT2D eigenvalue weighted by Gasteiger charge is -2.41. The van der Waals surface area contributed by atoms with Crippen LogP contribution >= 0.6 is 11.8 Å². The van der Waals surface area contributed by atoms with Crippen molar-refractivity contribution in [1.29, 1.82) is 0 Å². The summed E-state index contributed by atoms with van der Waals surface area (Å²) >= 11 is 1.99. The number of rotatable bonds is 3. The van der Waals surface area contributed by atoms with Crippen molar-refractivity contribution in [2.75, 3.05) is 5.75 Å². The van der Waals surface area contributed by atoms with Crippen molar-refractivity contribution in [1.82, 2.24) is 0 Å². The lowest BCUT2D eigenvalue weighted by Crippen LogP contribution is -2.40. The zero-order valence-corrected chi connectivity index (χ0v) is 15.3. The highest BCUT2D eigenvalue weighted by molar-refractivity contribution is 7.99. The van der Waals surface area contributed by atoms with Gasteiger partial charge in [-0.3, -0.25) is 0 Å². The summed E-state index contributed by atoms with van der Waals surface area (Å²) in [5.74, 6) is 2.88. The highest BCUT2D eigenvalue weighted by Gasteiger charge is 2.36. The highest BCUT2D eigenvalue weighted by atomic mass is 32.2. The van der Waals surface area contributed by atoms with Crippen molar-refractivity contribution in [2.24, 2.45) is 23.2 Å². The van der Waals surface area contributed by atoms with E-state index in [2.05, 4.69) is 60.6 Å². The molecule has 0 spiro atoms. The maximum atomic E-state index is 6.62. The normalized spacial score (nSPS) is 34.7. The van der Waals surface area contributed by atoms with Gasteiger partial charge in [0.1, 0.15) is 5.44 Å². The molecule has 1 heterocycles. The summed E-state index contributed by atoms with van der Waals surface area (Å²) in [6.07, 6.45) is 7.47. The monoisotopic (exact) mass is 298 g/mol. The van der Waals surface area contributed by atoms with E-state index in [1.54, 1.807) is 0 Å². The number of allylic oxidation sites excluding steroid dienone is 2. The molecule has 0 bridgehead atoms. The smallest absolute Gasteiger partial charge is 0.105 e. The van der Waals surface area contributed by atoms with Crippen LogP contribution in [0.5, 0.6) is 0 Å². The van der Waals surface area contributed by atoms with Crippen LogP contribution in [0.4, 0.5) is 0 Å². The van der Waals surface area contributed by atoms with Crippen LogP contribution in [-0.2, 0) is 4.74 Å². The fourth-order valence-electron chi connectivity index (χ4n) is 2.74. The number of hydrogen-bond acceptors (Lipinski definition) is 2. The van der Waals surface area contributed by atoms with E-state index in [4.69, 9.17) is 4.74 Å². The third-order valence-corrected chi connectivity index (χ3v) is 6.28. The predicted molar refractivity (Wildman–Crippen MR) is 92.1 cm³/mol. The van der Waals surface area contributed by atoms with Gasteiger partial charge in [0.25, 0.3) is 0 Å². The standard InChI is InChI=1S/C18H34OS/c1-8-14(4)16-15(5)18(6,7)11-9-10-12-20-17(19-16)13(2)3/h9,11,13-17H,8,10,12H2,1-7H3/b11-9+. The first-order chi connectivity index (χ1) is 9.29. The van der Waals surface area contributed by atoms with Gasteiger partial charge in [-0.2, -0.15) is 0 Å². The van der Waals surface area contributed by atoms with Crippen molar-refractivity contribution in [2.45, 2.75) is 72.8 Å². The molecule has 0 amide bonds. The minimum atomic E-state index is 0.206. The molecule has 0 aromatic carbocycles. The molecule has 1 rings (SSSR count). The molecule has 4 atom stereocenters. The zero-order chi connectivity index (χ0) is 15.3. The van der Waals surface area contributed by atoms with E-state index in [1.165, 1.54) is 6.42 Å². The molecule has 0 saturated carbocycles. The summed E-state index contributed by atoms with van der Waals surface area (Å²) in [4.78, 5) is 0. The number of thioether (sulfide) groups is 1. The predicted octanol–water partition coefficient (Wildman–Crippen LogP) is 5.76. The van der Waals surface area contributed by atoms with Crippen LogP contribution in [0.25, 0.3) is 0 Å². The van der Waals surface area contributed by atoms with E-state index < -0.39 is 0 Å². The largest absolute Gasteiger partial charge is 0.364 e. The van der Waals surface area contributed by atoms with E-state index in [0.717, 1.165) is 12.2 Å². The third-order valence-electron chi connectivity index (χ3n) is 4.82. The van der Waals surface area contributed by atoms with E-state index in [0.29, 0.717) is 29.3 Å². The van der Waals surface area contributed by atoms with Crippen LogP contribution in [0.3, 0.4) is 0 Å². The average Bonchev–Trinajstić information content (AvgIpc) is 2.39. The van der Waals surface area contributed by atoms with Crippen LogP contribution in [0.2, 0.25) is 0 Å². The molecule has 118 valence electrons. The van der Waals surface area contributed by atoms with Gasteiger partial charge in [0, 0.05) is 0 Å². The second kappa shape index (κ2) is 7.89. The molecule has 20 heavy (non-hydrogen) atoms. The quantitative estimate of drug-likeness (QED) is 0.613. The van der Waals surface area contributed by atoms with E-state index in [1.807, 2.05) is 11.8 Å². The summed E-state index contributed by atoms with van der Waals surface area (Å²) in [6.45, 7) is 16.3. The van der Waals surface area contributed by atoms with Gasteiger partial charge in [-0.25, -0.2) is 0 Å². The first-order valence-electron chi connectivity index (χ1n) is 8.24. The minimum absolute atomic E-state index is 0.206. The van der Waals surface area contributed by atoms with Gasteiger partial charge in [-0.1, -0.05) is 67.0 Å². The molecular weight excluding hydrogens is 264 g/mol. The molecule has 1 aliphatic heterocycles. The SMILES string of the molecule is CCC(C)C1OC(C(C)C)SCC/C=C/C(C)(C)C1C. The van der Waals surface area contributed by atoms with Gasteiger partial charge in [0.05, 0.1) is 6.10 Å². The van der Waals surface area contributed by atoms with E-state index in [-0.39, 0.29) is 5.41 Å². The minimum Gasteiger partial charge on any atom is -0.364 e. The van der Waals surface area contributed by atoms with Crippen molar-refractivity contribution in [3.8, 4) is 0 Å². The fourth-order valence-corrected chi connectivity index (χ4v) is 3.83. The summed E-state index contributed by atoms with van der Waals surface area (Å²) in [6, 6.07) is 0. The van der Waals surface area contributed by atoms with Gasteiger partial charge < -0.3 is 4.74 Å². The molecule has 2 heteroatoms. The Kier molecular flexibility index (Phi) is 7.14. The van der Waals surface area contributed by atoms with E-state index >= 15 is 0 Å². The number of ether oxygens (including phenoxy) is 1. The highest BCUT2D eigenvalue weighted by Crippen LogP contribution is 2.39. The maximum Gasteiger partial charge on any atom is 0.105 e. The second-order valence-electron chi connectivity index (χ2n) is 7.27. The van der Waals surface area contributed by atoms with Gasteiger partial charge in [-0.05, 0) is 35.3 Å². The zero-order valence-electron chi connectivity index (χ0n) is 14.5. The molecule has 0 radical (unpaired) electrons. The molecule has 0 aromatic heterocycles. The molecule has 4 unspecified atom stereocenters. The van der Waals surface area contributed by atoms with Crippen LogP contribution < -0.4 is 0 Å². The molecule has 1 aliphatic rings. The third kappa shape index (κ3) is 4.80. The molecule has 0 aliphatic carbocycles. The molecule has 0 aromatic rings. The first-order valence-corrected chi connectivity index (χ1v) is 9.29. The van der Waals surface area contributed by atoms with Gasteiger partial charge >= 0.3 is 0 Å². The Morgan fingerprint density at radius 3 is 2.50 bits per heavy atom. The topological polar surface area (TPSA) is 9.23 Å². The Morgan fingerprint density at radius 1 is 1.30 bits per heavy atom. The van der Waals surface area contributed by atoms with Crippen LogP contribution in [0.1, 0.15) is 61.3 Å². The van der Waals surface area contributed by atoms with Crippen LogP contribution in [0, 0.1) is 23.2 Å². The fraction of sp³-hybridized carbons (Fsp3) is 0.889. The van der Waals surface area contributed by atoms with Crippen molar-refractivity contribution in [3.05, 3.63) is 12.2 Å². The van der Waals surface area contributed by atoms with E-state index in [9.17, 15) is 0 Å².